The minimum atomic E-state index is -0.154. The summed E-state index contributed by atoms with van der Waals surface area (Å²) in [6, 6.07) is 5.39. The third kappa shape index (κ3) is 1.93. The molecule has 0 aliphatic carbocycles. The number of pyridine rings is 1. The second-order valence-corrected chi connectivity index (χ2v) is 4.34. The van der Waals surface area contributed by atoms with E-state index in [1.165, 1.54) is 17.1 Å². The first-order valence-corrected chi connectivity index (χ1v) is 5.91. The van der Waals surface area contributed by atoms with Crippen molar-refractivity contribution < 1.29 is 0 Å². The van der Waals surface area contributed by atoms with Gasteiger partial charge in [-0.2, -0.15) is 10.4 Å². The van der Waals surface area contributed by atoms with Crippen LogP contribution in [-0.2, 0) is 13.6 Å². The zero-order valence-electron chi connectivity index (χ0n) is 10.7. The van der Waals surface area contributed by atoms with Crippen LogP contribution in [0.2, 0.25) is 0 Å². The van der Waals surface area contributed by atoms with E-state index in [4.69, 9.17) is 5.26 Å². The van der Waals surface area contributed by atoms with E-state index in [0.29, 0.717) is 23.3 Å². The molecular weight excluding hydrogens is 256 g/mol. The standard InChI is InChI=1S/C13H10N6O/c1-18-12-11(6-17-18)13(20)19(8-16-12)7-9-2-3-15-10(4-9)5-14/h2-4,6,8H,7H2,1H3. The smallest absolute Gasteiger partial charge is 0.264 e. The van der Waals surface area contributed by atoms with Gasteiger partial charge in [-0.15, -0.1) is 0 Å². The maximum Gasteiger partial charge on any atom is 0.264 e. The largest absolute Gasteiger partial charge is 0.294 e. The lowest BCUT2D eigenvalue weighted by molar-refractivity contribution is 0.736. The first-order valence-electron chi connectivity index (χ1n) is 5.91. The summed E-state index contributed by atoms with van der Waals surface area (Å²) in [5.74, 6) is 0. The zero-order chi connectivity index (χ0) is 14.1. The van der Waals surface area contributed by atoms with E-state index < -0.39 is 0 Å². The van der Waals surface area contributed by atoms with Gasteiger partial charge in [0.25, 0.3) is 5.56 Å². The highest BCUT2D eigenvalue weighted by Gasteiger charge is 2.08. The van der Waals surface area contributed by atoms with Crippen molar-refractivity contribution in [2.24, 2.45) is 7.05 Å². The van der Waals surface area contributed by atoms with Crippen molar-refractivity contribution in [3.63, 3.8) is 0 Å². The first kappa shape index (κ1) is 12.0. The number of nitriles is 1. The van der Waals surface area contributed by atoms with Crippen LogP contribution in [-0.4, -0.2) is 24.3 Å². The third-order valence-corrected chi connectivity index (χ3v) is 3.01. The minimum Gasteiger partial charge on any atom is -0.294 e. The van der Waals surface area contributed by atoms with E-state index in [1.54, 1.807) is 30.1 Å². The molecular formula is C13H10N6O. The lowest BCUT2D eigenvalue weighted by Crippen LogP contribution is -2.21. The molecule has 0 bridgehead atoms. The van der Waals surface area contributed by atoms with Gasteiger partial charge in [-0.3, -0.25) is 14.0 Å². The van der Waals surface area contributed by atoms with Crippen LogP contribution in [0.15, 0.2) is 35.6 Å². The van der Waals surface area contributed by atoms with Crippen LogP contribution in [0.4, 0.5) is 0 Å². The molecule has 0 N–H and O–H groups in total. The molecule has 98 valence electrons. The molecule has 0 saturated carbocycles. The number of aryl methyl sites for hydroxylation is 1. The number of aromatic nitrogens is 5. The average molecular weight is 266 g/mol. The van der Waals surface area contributed by atoms with Gasteiger partial charge in [0.1, 0.15) is 23.5 Å². The summed E-state index contributed by atoms with van der Waals surface area (Å²) in [7, 11) is 1.74. The molecule has 7 nitrogen and oxygen atoms in total. The molecule has 0 amide bonds. The molecule has 3 aromatic rings. The molecule has 20 heavy (non-hydrogen) atoms. The van der Waals surface area contributed by atoms with Crippen LogP contribution in [0, 0.1) is 11.3 Å². The molecule has 3 aromatic heterocycles. The lowest BCUT2D eigenvalue weighted by atomic mass is 10.2. The van der Waals surface area contributed by atoms with Gasteiger partial charge in [0.2, 0.25) is 0 Å². The molecule has 7 heteroatoms. The van der Waals surface area contributed by atoms with Gasteiger partial charge in [0.05, 0.1) is 12.7 Å². The van der Waals surface area contributed by atoms with Crippen molar-refractivity contribution in [2.45, 2.75) is 6.54 Å². The quantitative estimate of drug-likeness (QED) is 0.671. The predicted octanol–water partition coefficient (Wildman–Crippen LogP) is 0.445. The molecule has 0 aliphatic heterocycles. The third-order valence-electron chi connectivity index (χ3n) is 3.01. The Morgan fingerprint density at radius 3 is 3.05 bits per heavy atom. The summed E-state index contributed by atoms with van der Waals surface area (Å²) in [5, 5.41) is 13.3. The molecule has 3 rings (SSSR count). The molecule has 0 fully saturated rings. The number of hydrogen-bond donors (Lipinski definition) is 0. The van der Waals surface area contributed by atoms with Crippen LogP contribution < -0.4 is 5.56 Å². The van der Waals surface area contributed by atoms with E-state index in [9.17, 15) is 4.79 Å². The monoisotopic (exact) mass is 266 g/mol. The number of hydrogen-bond acceptors (Lipinski definition) is 5. The summed E-state index contributed by atoms with van der Waals surface area (Å²) >= 11 is 0. The lowest BCUT2D eigenvalue weighted by Gasteiger charge is -2.05. The summed E-state index contributed by atoms with van der Waals surface area (Å²) in [4.78, 5) is 20.4. The SMILES string of the molecule is Cn1ncc2c(=O)n(Cc3ccnc(C#N)c3)cnc21. The highest BCUT2D eigenvalue weighted by molar-refractivity contribution is 5.72. The molecule has 0 aliphatic rings. The van der Waals surface area contributed by atoms with Crippen LogP contribution in [0.1, 0.15) is 11.3 Å². The summed E-state index contributed by atoms with van der Waals surface area (Å²) in [6.07, 6.45) is 4.54. The van der Waals surface area contributed by atoms with Crippen molar-refractivity contribution in [3.8, 4) is 6.07 Å². The Morgan fingerprint density at radius 1 is 1.40 bits per heavy atom. The van der Waals surface area contributed by atoms with Gasteiger partial charge in [-0.25, -0.2) is 9.97 Å². The van der Waals surface area contributed by atoms with Gasteiger partial charge >= 0.3 is 0 Å². The van der Waals surface area contributed by atoms with Crippen LogP contribution in [0.25, 0.3) is 11.0 Å². The molecule has 0 saturated heterocycles. The van der Waals surface area contributed by atoms with Crippen molar-refractivity contribution in [1.29, 1.82) is 5.26 Å². The highest BCUT2D eigenvalue weighted by Crippen LogP contribution is 2.06. The number of rotatable bonds is 2. The van der Waals surface area contributed by atoms with Crippen molar-refractivity contribution in [3.05, 3.63) is 52.5 Å². The Morgan fingerprint density at radius 2 is 2.25 bits per heavy atom. The molecule has 0 aromatic carbocycles. The van der Waals surface area contributed by atoms with Crippen molar-refractivity contribution >= 4 is 11.0 Å². The maximum absolute atomic E-state index is 12.3. The van der Waals surface area contributed by atoms with E-state index in [2.05, 4.69) is 15.1 Å². The fourth-order valence-corrected chi connectivity index (χ4v) is 2.01. The second-order valence-electron chi connectivity index (χ2n) is 4.34. The fourth-order valence-electron chi connectivity index (χ4n) is 2.01. The Bertz CT molecular complexity index is 886. The van der Waals surface area contributed by atoms with Gasteiger partial charge in [0, 0.05) is 13.2 Å². The van der Waals surface area contributed by atoms with Gasteiger partial charge in [-0.1, -0.05) is 0 Å². The Hall–Kier alpha value is -3.01. The van der Waals surface area contributed by atoms with Crippen LogP contribution in [0.5, 0.6) is 0 Å². The topological polar surface area (TPSA) is 89.4 Å². The molecule has 0 unspecified atom stereocenters. The molecule has 0 atom stereocenters. The van der Waals surface area contributed by atoms with Crippen molar-refractivity contribution in [1.82, 2.24) is 24.3 Å². The molecule has 0 radical (unpaired) electrons. The molecule has 3 heterocycles. The highest BCUT2D eigenvalue weighted by atomic mass is 16.1. The Kier molecular flexibility index (Phi) is 2.76. The van der Waals surface area contributed by atoms with Gasteiger partial charge in [0.15, 0.2) is 5.65 Å². The van der Waals surface area contributed by atoms with Crippen LogP contribution >= 0.6 is 0 Å². The minimum absolute atomic E-state index is 0.154. The van der Waals surface area contributed by atoms with E-state index in [-0.39, 0.29) is 5.56 Å². The number of nitrogens with zero attached hydrogens (tertiary/aromatic N) is 6. The van der Waals surface area contributed by atoms with Crippen molar-refractivity contribution in [2.75, 3.05) is 0 Å². The van der Waals surface area contributed by atoms with E-state index >= 15 is 0 Å². The van der Waals surface area contributed by atoms with E-state index in [0.717, 1.165) is 5.56 Å². The zero-order valence-corrected chi connectivity index (χ0v) is 10.7. The first-order chi connectivity index (χ1) is 9.69. The van der Waals surface area contributed by atoms with E-state index in [1.807, 2.05) is 6.07 Å². The normalized spacial score (nSPS) is 10.6. The predicted molar refractivity (Wildman–Crippen MR) is 70.8 cm³/mol. The van der Waals surface area contributed by atoms with Gasteiger partial charge in [-0.05, 0) is 17.7 Å². The second kappa shape index (κ2) is 4.59. The molecule has 0 spiro atoms. The summed E-state index contributed by atoms with van der Waals surface area (Å²) < 4.78 is 3.04. The average Bonchev–Trinajstić information content (AvgIpc) is 2.84. The summed E-state index contributed by atoms with van der Waals surface area (Å²) in [6.45, 7) is 0.341. The van der Waals surface area contributed by atoms with Gasteiger partial charge < -0.3 is 0 Å². The summed E-state index contributed by atoms with van der Waals surface area (Å²) in [5.41, 5.74) is 1.55. The Balaban J connectivity index is 2.05. The number of fused-ring (bicyclic) bond motifs is 1. The Labute approximate surface area is 113 Å². The maximum atomic E-state index is 12.3. The fraction of sp³-hybridized carbons (Fsp3) is 0.154. The van der Waals surface area contributed by atoms with Crippen LogP contribution in [0.3, 0.4) is 0 Å².